The van der Waals surface area contributed by atoms with Gasteiger partial charge in [0.05, 0.1) is 36.5 Å². The molecule has 1 fully saturated rings. The molecule has 0 aliphatic heterocycles. The van der Waals surface area contributed by atoms with E-state index >= 15 is 0 Å². The SMILES string of the molecule is CN(CCCN(N)c1c(N)cc(CNC[C@H](O)c2ccc(O)c3[nH]c(=O)ccc23)c2c1CCC2)C1CCC(OC(=O)[C@@](O)(c2cccs2)c2ccc(Br)s2)CC1. The molecule has 2 aliphatic rings. The third-order valence-electron chi connectivity index (χ3n) is 11.3. The number of ether oxygens (including phenoxy) is 1. The van der Waals surface area contributed by atoms with Gasteiger partial charge in [0.2, 0.25) is 11.2 Å². The van der Waals surface area contributed by atoms with Crippen molar-refractivity contribution in [1.29, 1.82) is 0 Å². The van der Waals surface area contributed by atoms with Gasteiger partial charge in [-0.1, -0.05) is 12.1 Å². The number of nitrogens with one attached hydrogen (secondary N) is 2. The standard InChI is InChI=1S/C41H49BrN6O6S2/c1-47(25-8-10-26(11-9-25)54-40(52)41(53,34-7-3-20-55-34)35-15-16-36(42)56-35)18-4-19-48(44)39-30-6-2-5-27(30)24(21-31(39)43)22-45-23-33(50)28-12-14-32(49)38-29(28)13-17-37(51)46-38/h3,7,12-17,20-21,25-26,33,45,49-50,53H,2,4-6,8-11,18-19,22-23,43-44H2,1H3,(H,46,51)/t25?,26?,33-,41+/m0/s1. The molecule has 0 amide bonds. The number of nitrogens with two attached hydrogens (primary N) is 2. The van der Waals surface area contributed by atoms with Gasteiger partial charge in [0.25, 0.3) is 0 Å². The number of thiophene rings is 2. The Morgan fingerprint density at radius 1 is 1.09 bits per heavy atom. The van der Waals surface area contributed by atoms with Gasteiger partial charge in [-0.3, -0.25) is 4.79 Å². The summed E-state index contributed by atoms with van der Waals surface area (Å²) in [6.45, 7) is 2.29. The first-order valence-corrected chi connectivity index (χ1v) is 21.6. The number of halogens is 1. The van der Waals surface area contributed by atoms with Gasteiger partial charge in [0.15, 0.2) is 0 Å². The Morgan fingerprint density at radius 3 is 2.61 bits per heavy atom. The van der Waals surface area contributed by atoms with Crippen molar-refractivity contribution in [2.75, 3.05) is 37.4 Å². The van der Waals surface area contributed by atoms with Crippen molar-refractivity contribution in [3.05, 3.63) is 106 Å². The summed E-state index contributed by atoms with van der Waals surface area (Å²) < 4.78 is 6.82. The topological polar surface area (TPSA) is 190 Å². The second-order valence-electron chi connectivity index (χ2n) is 14.9. The highest BCUT2D eigenvalue weighted by molar-refractivity contribution is 9.11. The summed E-state index contributed by atoms with van der Waals surface area (Å²) in [4.78, 5) is 31.4. The molecule has 298 valence electrons. The minimum absolute atomic E-state index is 0.0436. The Hall–Kier alpha value is -3.80. The smallest absolute Gasteiger partial charge is 0.349 e. The summed E-state index contributed by atoms with van der Waals surface area (Å²) in [7, 11) is 2.14. The molecule has 0 bridgehead atoms. The Bertz CT molecular complexity index is 2220. The largest absolute Gasteiger partial charge is 0.506 e. The minimum Gasteiger partial charge on any atom is -0.506 e. The van der Waals surface area contributed by atoms with Gasteiger partial charge in [-0.2, -0.15) is 0 Å². The van der Waals surface area contributed by atoms with Crippen LogP contribution in [0.3, 0.4) is 0 Å². The molecule has 0 spiro atoms. The number of esters is 1. The van der Waals surface area contributed by atoms with Gasteiger partial charge in [-0.25, -0.2) is 10.6 Å². The summed E-state index contributed by atoms with van der Waals surface area (Å²) in [6, 6.07) is 15.7. The zero-order valence-electron chi connectivity index (χ0n) is 31.3. The molecule has 1 saturated carbocycles. The molecular formula is C41H49BrN6O6S2. The number of hydrazine groups is 1. The van der Waals surface area contributed by atoms with Crippen molar-refractivity contribution in [1.82, 2.24) is 15.2 Å². The van der Waals surface area contributed by atoms with E-state index < -0.39 is 17.7 Å². The maximum atomic E-state index is 13.5. The number of aromatic amines is 1. The van der Waals surface area contributed by atoms with Crippen molar-refractivity contribution in [2.45, 2.75) is 81.8 Å². The van der Waals surface area contributed by atoms with Gasteiger partial charge in [-0.05, 0) is 145 Å². The Labute approximate surface area is 342 Å². The number of pyridine rings is 1. The summed E-state index contributed by atoms with van der Waals surface area (Å²) in [6.07, 6.45) is 5.85. The van der Waals surface area contributed by atoms with Gasteiger partial charge in [0, 0.05) is 37.1 Å². The molecule has 9 N–H and O–H groups in total. The highest BCUT2D eigenvalue weighted by atomic mass is 79.9. The molecule has 3 aromatic heterocycles. The average Bonchev–Trinajstić information content (AvgIpc) is 3.99. The first kappa shape index (κ1) is 40.4. The van der Waals surface area contributed by atoms with Crippen LogP contribution < -0.4 is 27.5 Å². The van der Waals surface area contributed by atoms with E-state index in [1.54, 1.807) is 29.3 Å². The number of aromatic hydroxyl groups is 1. The summed E-state index contributed by atoms with van der Waals surface area (Å²) in [5, 5.41) is 40.6. The fourth-order valence-corrected chi connectivity index (χ4v) is 10.7. The Morgan fingerprint density at radius 2 is 1.88 bits per heavy atom. The Balaban J connectivity index is 0.895. The van der Waals surface area contributed by atoms with E-state index in [-0.39, 0.29) is 24.0 Å². The van der Waals surface area contributed by atoms with Gasteiger partial charge >= 0.3 is 5.97 Å². The first-order chi connectivity index (χ1) is 26.9. The predicted octanol–water partition coefficient (Wildman–Crippen LogP) is 5.81. The number of phenols is 1. The minimum atomic E-state index is -1.83. The fraction of sp³-hybridized carbons (Fsp3) is 0.415. The molecule has 0 radical (unpaired) electrons. The second-order valence-corrected chi connectivity index (χ2v) is 18.3. The van der Waals surface area contributed by atoms with Crippen LogP contribution in [0.5, 0.6) is 5.75 Å². The van der Waals surface area contributed by atoms with Crippen LogP contribution in [0.4, 0.5) is 11.4 Å². The van der Waals surface area contributed by atoms with E-state index in [0.717, 1.165) is 72.9 Å². The van der Waals surface area contributed by atoms with Gasteiger partial charge in [-0.15, -0.1) is 22.7 Å². The number of phenolic OH excluding ortho intramolecular Hbond substituents is 1. The molecule has 3 heterocycles. The monoisotopic (exact) mass is 864 g/mol. The number of fused-ring (bicyclic) bond motifs is 2. The molecule has 56 heavy (non-hydrogen) atoms. The lowest BCUT2D eigenvalue weighted by Crippen LogP contribution is -2.42. The van der Waals surface area contributed by atoms with Gasteiger partial charge < -0.3 is 46.0 Å². The summed E-state index contributed by atoms with van der Waals surface area (Å²) in [5.74, 6) is 6.04. The normalized spacial score (nSPS) is 18.5. The molecule has 2 aliphatic carbocycles. The molecule has 5 aromatic rings. The van der Waals surface area contributed by atoms with Crippen molar-refractivity contribution in [2.24, 2.45) is 5.84 Å². The third-order valence-corrected chi connectivity index (χ3v) is 14.0. The molecule has 0 saturated heterocycles. The van der Waals surface area contributed by atoms with Crippen molar-refractivity contribution < 1.29 is 24.9 Å². The number of H-pyrrole nitrogens is 1. The van der Waals surface area contributed by atoms with Crippen LogP contribution in [0.2, 0.25) is 0 Å². The van der Waals surface area contributed by atoms with Crippen molar-refractivity contribution in [3.8, 4) is 5.75 Å². The van der Waals surface area contributed by atoms with Crippen LogP contribution in [0, 0.1) is 0 Å². The number of hydrogen-bond acceptors (Lipinski definition) is 13. The van der Waals surface area contributed by atoms with E-state index in [9.17, 15) is 24.9 Å². The molecular weight excluding hydrogens is 817 g/mol. The fourth-order valence-electron chi connectivity index (χ4n) is 8.32. The number of nitrogens with zero attached hydrogens (tertiary/aromatic N) is 2. The first-order valence-electron chi connectivity index (χ1n) is 19.1. The van der Waals surface area contributed by atoms with E-state index in [1.807, 2.05) is 23.6 Å². The number of benzene rings is 2. The van der Waals surface area contributed by atoms with E-state index in [1.165, 1.54) is 45.9 Å². The molecule has 2 atom stereocenters. The van der Waals surface area contributed by atoms with Crippen LogP contribution in [-0.4, -0.2) is 70.0 Å². The van der Waals surface area contributed by atoms with E-state index in [2.05, 4.69) is 38.2 Å². The lowest BCUT2D eigenvalue weighted by molar-refractivity contribution is -0.169. The zero-order valence-corrected chi connectivity index (χ0v) is 34.5. The van der Waals surface area contributed by atoms with E-state index in [0.29, 0.717) is 51.0 Å². The predicted molar refractivity (Wildman–Crippen MR) is 226 cm³/mol. The highest BCUT2D eigenvalue weighted by Crippen LogP contribution is 2.41. The number of nitrogen functional groups attached to an aromatic ring is 1. The zero-order chi connectivity index (χ0) is 39.6. The maximum absolute atomic E-state index is 13.5. The molecule has 2 aromatic carbocycles. The number of carbonyl (C=O) groups excluding carboxylic acids is 1. The van der Waals surface area contributed by atoms with Crippen LogP contribution in [-0.2, 0) is 34.5 Å². The van der Waals surface area contributed by atoms with Crippen LogP contribution in [0.15, 0.2) is 68.6 Å². The van der Waals surface area contributed by atoms with Crippen molar-refractivity contribution in [3.63, 3.8) is 0 Å². The molecule has 15 heteroatoms. The lowest BCUT2D eigenvalue weighted by atomic mass is 9.91. The highest BCUT2D eigenvalue weighted by Gasteiger charge is 2.45. The van der Waals surface area contributed by atoms with E-state index in [4.69, 9.17) is 16.3 Å². The molecule has 0 unspecified atom stereocenters. The Kier molecular flexibility index (Phi) is 12.5. The second kappa shape index (κ2) is 17.4. The number of anilines is 2. The molecule has 7 rings (SSSR count). The average molecular weight is 866 g/mol. The quantitative estimate of drug-likeness (QED) is 0.0291. The number of aliphatic hydroxyl groups excluding tert-OH is 1. The summed E-state index contributed by atoms with van der Waals surface area (Å²) in [5.41, 5.74) is 10.5. The number of rotatable bonds is 15. The number of aromatic nitrogens is 1. The van der Waals surface area contributed by atoms with Crippen LogP contribution in [0.1, 0.15) is 76.6 Å². The van der Waals surface area contributed by atoms with Crippen LogP contribution >= 0.6 is 38.6 Å². The molecule has 12 nitrogen and oxygen atoms in total. The maximum Gasteiger partial charge on any atom is 0.349 e. The number of carbonyl (C=O) groups is 1. The number of aliphatic hydroxyl groups is 2. The lowest BCUT2D eigenvalue weighted by Gasteiger charge is -2.36. The van der Waals surface area contributed by atoms with Crippen molar-refractivity contribution >= 4 is 66.9 Å². The summed E-state index contributed by atoms with van der Waals surface area (Å²) >= 11 is 6.12. The third kappa shape index (κ3) is 8.41. The van der Waals surface area contributed by atoms with Gasteiger partial charge in [0.1, 0.15) is 11.9 Å². The number of hydrogen-bond donors (Lipinski definition) is 7. The van der Waals surface area contributed by atoms with Crippen LogP contribution in [0.25, 0.3) is 10.9 Å².